The van der Waals surface area contributed by atoms with Gasteiger partial charge in [0, 0.05) is 5.39 Å². The lowest BCUT2D eigenvalue weighted by Crippen LogP contribution is -2.19. The fraction of sp³-hybridized carbons (Fsp3) is 0.200. The van der Waals surface area contributed by atoms with Crippen LogP contribution in [-0.4, -0.2) is 19.3 Å². The molecule has 0 bridgehead atoms. The first kappa shape index (κ1) is 14.2. The number of halogens is 3. The summed E-state index contributed by atoms with van der Waals surface area (Å²) in [6.45, 7) is -1.22. The van der Waals surface area contributed by atoms with Crippen molar-refractivity contribution in [1.29, 1.82) is 0 Å². The lowest BCUT2D eigenvalue weighted by Gasteiger charge is -2.12. The quantitative estimate of drug-likeness (QED) is 0.857. The first-order valence-electron chi connectivity index (χ1n) is 5.91. The van der Waals surface area contributed by atoms with E-state index in [4.69, 9.17) is 10.5 Å². The maximum Gasteiger partial charge on any atom is 0.422 e. The van der Waals surface area contributed by atoms with Crippen LogP contribution in [0, 0.1) is 11.8 Å². The third kappa shape index (κ3) is 3.43. The van der Waals surface area contributed by atoms with Gasteiger partial charge in [-0.2, -0.15) is 13.2 Å². The Hall–Kier alpha value is -2.19. The van der Waals surface area contributed by atoms with Crippen LogP contribution in [0.5, 0.6) is 5.75 Å². The summed E-state index contributed by atoms with van der Waals surface area (Å²) in [5, 5.41) is 1.63. The third-order valence-corrected chi connectivity index (χ3v) is 2.60. The highest BCUT2D eigenvalue weighted by atomic mass is 19.4. The van der Waals surface area contributed by atoms with Crippen LogP contribution in [-0.2, 0) is 0 Å². The second kappa shape index (κ2) is 5.85. The van der Waals surface area contributed by atoms with Crippen molar-refractivity contribution in [2.75, 3.05) is 13.2 Å². The fourth-order valence-corrected chi connectivity index (χ4v) is 1.80. The molecule has 0 spiro atoms. The van der Waals surface area contributed by atoms with Crippen molar-refractivity contribution in [3.05, 3.63) is 42.0 Å². The molecule has 0 fully saturated rings. The van der Waals surface area contributed by atoms with Crippen molar-refractivity contribution in [2.45, 2.75) is 6.18 Å². The Labute approximate surface area is 114 Å². The second-order valence-electron chi connectivity index (χ2n) is 4.07. The SMILES string of the molecule is NCC#Cc1c(OCC(F)(F)F)ccc2ccccc12. The minimum atomic E-state index is -4.38. The van der Waals surface area contributed by atoms with Gasteiger partial charge in [0.2, 0.25) is 0 Å². The predicted octanol–water partition coefficient (Wildman–Crippen LogP) is 3.09. The zero-order chi connectivity index (χ0) is 14.6. The van der Waals surface area contributed by atoms with Crippen molar-refractivity contribution >= 4 is 10.8 Å². The van der Waals surface area contributed by atoms with Crippen LogP contribution in [0.15, 0.2) is 36.4 Å². The molecule has 2 aromatic rings. The molecular formula is C15H12F3NO. The van der Waals surface area contributed by atoms with Gasteiger partial charge in [-0.3, -0.25) is 0 Å². The van der Waals surface area contributed by atoms with Crippen LogP contribution in [0.25, 0.3) is 10.8 Å². The van der Waals surface area contributed by atoms with Gasteiger partial charge in [-0.1, -0.05) is 42.2 Å². The maximum absolute atomic E-state index is 12.3. The van der Waals surface area contributed by atoms with Gasteiger partial charge >= 0.3 is 6.18 Å². The molecule has 0 saturated heterocycles. The van der Waals surface area contributed by atoms with Gasteiger partial charge in [0.25, 0.3) is 0 Å². The first-order chi connectivity index (χ1) is 9.51. The zero-order valence-electron chi connectivity index (χ0n) is 10.5. The first-order valence-corrected chi connectivity index (χ1v) is 5.91. The van der Waals surface area contributed by atoms with E-state index in [-0.39, 0.29) is 12.3 Å². The Morgan fingerprint density at radius 2 is 1.85 bits per heavy atom. The van der Waals surface area contributed by atoms with Gasteiger partial charge in [0.15, 0.2) is 6.61 Å². The number of alkyl halides is 3. The smallest absolute Gasteiger partial charge is 0.422 e. The van der Waals surface area contributed by atoms with Crippen molar-refractivity contribution in [1.82, 2.24) is 0 Å². The molecule has 0 aromatic heterocycles. The minimum Gasteiger partial charge on any atom is -0.483 e. The van der Waals surface area contributed by atoms with Crippen LogP contribution in [0.4, 0.5) is 13.2 Å². The average Bonchev–Trinajstić information content (AvgIpc) is 2.42. The molecule has 0 unspecified atom stereocenters. The highest BCUT2D eigenvalue weighted by Crippen LogP contribution is 2.28. The van der Waals surface area contributed by atoms with Crippen molar-refractivity contribution < 1.29 is 17.9 Å². The number of ether oxygens (including phenoxy) is 1. The number of benzene rings is 2. The molecule has 2 nitrogen and oxygen atoms in total. The van der Waals surface area contributed by atoms with Crippen LogP contribution in [0.2, 0.25) is 0 Å². The lowest BCUT2D eigenvalue weighted by atomic mass is 10.0. The second-order valence-corrected chi connectivity index (χ2v) is 4.07. The molecule has 0 amide bonds. The van der Waals surface area contributed by atoms with Crippen molar-refractivity contribution in [3.63, 3.8) is 0 Å². The van der Waals surface area contributed by atoms with Crippen LogP contribution in [0.1, 0.15) is 5.56 Å². The molecule has 0 atom stereocenters. The molecule has 2 N–H and O–H groups in total. The minimum absolute atomic E-state index is 0.113. The van der Waals surface area contributed by atoms with Crippen LogP contribution < -0.4 is 10.5 Å². The van der Waals surface area contributed by atoms with Gasteiger partial charge < -0.3 is 10.5 Å². The van der Waals surface area contributed by atoms with Crippen LogP contribution in [0.3, 0.4) is 0 Å². The Kier molecular flexibility index (Phi) is 4.16. The van der Waals surface area contributed by atoms with Crippen molar-refractivity contribution in [3.8, 4) is 17.6 Å². The number of rotatable bonds is 2. The predicted molar refractivity (Wildman–Crippen MR) is 71.4 cm³/mol. The van der Waals surface area contributed by atoms with Gasteiger partial charge in [-0.15, -0.1) is 0 Å². The van der Waals surface area contributed by atoms with E-state index in [1.807, 2.05) is 12.1 Å². The van der Waals surface area contributed by atoms with Gasteiger partial charge in [0.1, 0.15) is 5.75 Å². The van der Waals surface area contributed by atoms with E-state index in [0.717, 1.165) is 10.8 Å². The fourth-order valence-electron chi connectivity index (χ4n) is 1.80. The maximum atomic E-state index is 12.3. The van der Waals surface area contributed by atoms with E-state index in [1.165, 1.54) is 6.07 Å². The van der Waals surface area contributed by atoms with Gasteiger partial charge in [-0.05, 0) is 11.5 Å². The van der Waals surface area contributed by atoms with E-state index in [2.05, 4.69) is 11.8 Å². The number of hydrogen-bond donors (Lipinski definition) is 1. The third-order valence-electron chi connectivity index (χ3n) is 2.60. The molecule has 5 heteroatoms. The molecule has 2 aromatic carbocycles. The summed E-state index contributed by atoms with van der Waals surface area (Å²) >= 11 is 0. The average molecular weight is 279 g/mol. The highest BCUT2D eigenvalue weighted by molar-refractivity contribution is 5.90. The Morgan fingerprint density at radius 3 is 2.55 bits per heavy atom. The molecule has 104 valence electrons. The molecule has 0 heterocycles. The number of hydrogen-bond acceptors (Lipinski definition) is 2. The Morgan fingerprint density at radius 1 is 1.10 bits per heavy atom. The van der Waals surface area contributed by atoms with E-state index >= 15 is 0 Å². The molecule has 2 rings (SSSR count). The van der Waals surface area contributed by atoms with E-state index in [1.54, 1.807) is 18.2 Å². The normalized spacial score (nSPS) is 11.0. The summed E-state index contributed by atoms with van der Waals surface area (Å²) in [7, 11) is 0. The monoisotopic (exact) mass is 279 g/mol. The summed E-state index contributed by atoms with van der Waals surface area (Å²) in [4.78, 5) is 0. The summed E-state index contributed by atoms with van der Waals surface area (Å²) in [6.07, 6.45) is -4.38. The Balaban J connectivity index is 2.47. The molecule has 0 aliphatic heterocycles. The largest absolute Gasteiger partial charge is 0.483 e. The molecule has 0 aliphatic carbocycles. The van der Waals surface area contributed by atoms with E-state index < -0.39 is 12.8 Å². The molecular weight excluding hydrogens is 267 g/mol. The van der Waals surface area contributed by atoms with Gasteiger partial charge in [-0.25, -0.2) is 0 Å². The Bertz CT molecular complexity index is 668. The molecule has 0 saturated carbocycles. The standard InChI is InChI=1S/C15H12F3NO/c16-15(17,18)10-20-14-8-7-11-4-1-2-5-12(11)13(14)6-3-9-19/h1-2,4-5,7-8H,9-10,19H2. The van der Waals surface area contributed by atoms with Crippen molar-refractivity contribution in [2.24, 2.45) is 5.73 Å². The van der Waals surface area contributed by atoms with E-state index in [9.17, 15) is 13.2 Å². The van der Waals surface area contributed by atoms with Gasteiger partial charge in [0.05, 0.1) is 12.1 Å². The lowest BCUT2D eigenvalue weighted by molar-refractivity contribution is -0.153. The summed E-state index contributed by atoms with van der Waals surface area (Å²) in [6, 6.07) is 10.5. The van der Waals surface area contributed by atoms with Crippen LogP contribution >= 0.6 is 0 Å². The molecule has 20 heavy (non-hydrogen) atoms. The number of nitrogens with two attached hydrogens (primary N) is 1. The topological polar surface area (TPSA) is 35.2 Å². The van der Waals surface area contributed by atoms with E-state index in [0.29, 0.717) is 5.56 Å². The molecule has 0 radical (unpaired) electrons. The summed E-state index contributed by atoms with van der Waals surface area (Å²) in [5.74, 6) is 5.55. The zero-order valence-corrected chi connectivity index (χ0v) is 10.5. The highest BCUT2D eigenvalue weighted by Gasteiger charge is 2.28. The number of fused-ring (bicyclic) bond motifs is 1. The molecule has 0 aliphatic rings. The summed E-state index contributed by atoms with van der Waals surface area (Å²) in [5.41, 5.74) is 5.75. The summed E-state index contributed by atoms with van der Waals surface area (Å²) < 4.78 is 41.6.